The third-order valence-corrected chi connectivity index (χ3v) is 4.40. The zero-order valence-corrected chi connectivity index (χ0v) is 20.3. The van der Waals surface area contributed by atoms with E-state index in [2.05, 4.69) is 52.4 Å². The van der Waals surface area contributed by atoms with E-state index in [4.69, 9.17) is 4.74 Å². The number of quaternary nitrogens is 1. The molecule has 0 fully saturated rings. The lowest BCUT2D eigenvalue weighted by molar-refractivity contribution is -0.870. The molecule has 0 radical (unpaired) electrons. The molecule has 0 atom stereocenters. The number of hydrogen-bond donors (Lipinski definition) is 0. The Hall–Kier alpha value is -1.62. The SMILES string of the molecule is CC(=O)OCC[N+](C)(C)C.CCCCC/C=C\C/C=C\CCCCCCCC(=O)[O-]. The Morgan fingerprint density at radius 1 is 0.833 bits per heavy atom. The molecule has 176 valence electrons. The van der Waals surface area contributed by atoms with Crippen molar-refractivity contribution >= 4 is 11.9 Å². The number of esters is 1. The van der Waals surface area contributed by atoms with Gasteiger partial charge in [0.15, 0.2) is 0 Å². The van der Waals surface area contributed by atoms with Gasteiger partial charge in [0.05, 0.1) is 21.1 Å². The minimum Gasteiger partial charge on any atom is -0.550 e. The average molecular weight is 426 g/mol. The van der Waals surface area contributed by atoms with Crippen LogP contribution in [0.15, 0.2) is 24.3 Å². The number of hydrogen-bond acceptors (Lipinski definition) is 4. The number of aliphatic carboxylic acids is 1. The van der Waals surface area contributed by atoms with Crippen LogP contribution in [-0.2, 0) is 14.3 Å². The maximum absolute atomic E-state index is 10.3. The number of carbonyl (C=O) groups is 2. The van der Waals surface area contributed by atoms with Crippen LogP contribution in [0.25, 0.3) is 0 Å². The second-order valence-electron chi connectivity index (χ2n) is 8.71. The molecule has 0 aliphatic carbocycles. The number of allylic oxidation sites excluding steroid dienone is 4. The fourth-order valence-corrected chi connectivity index (χ4v) is 2.54. The molecule has 0 spiro atoms. The van der Waals surface area contributed by atoms with Gasteiger partial charge in [-0.2, -0.15) is 0 Å². The maximum Gasteiger partial charge on any atom is 0.302 e. The minimum atomic E-state index is -0.921. The first-order valence-electron chi connectivity index (χ1n) is 11.6. The molecule has 0 aromatic rings. The number of carboxylic acid groups (broad SMARTS) is 1. The van der Waals surface area contributed by atoms with Gasteiger partial charge in [0.2, 0.25) is 0 Å². The van der Waals surface area contributed by atoms with Gasteiger partial charge in [-0.1, -0.05) is 63.3 Å². The monoisotopic (exact) mass is 425 g/mol. The van der Waals surface area contributed by atoms with E-state index in [-0.39, 0.29) is 12.4 Å². The molecule has 0 saturated carbocycles. The van der Waals surface area contributed by atoms with Crippen molar-refractivity contribution in [3.05, 3.63) is 24.3 Å². The molecule has 0 rings (SSSR count). The second-order valence-corrected chi connectivity index (χ2v) is 8.71. The third kappa shape index (κ3) is 33.9. The van der Waals surface area contributed by atoms with Crippen LogP contribution < -0.4 is 5.11 Å². The fraction of sp³-hybridized carbons (Fsp3) is 0.760. The molecule has 0 aromatic heterocycles. The van der Waals surface area contributed by atoms with Gasteiger partial charge < -0.3 is 19.1 Å². The summed E-state index contributed by atoms with van der Waals surface area (Å²) < 4.78 is 5.59. The fourth-order valence-electron chi connectivity index (χ4n) is 2.54. The molecule has 0 aliphatic heterocycles. The van der Waals surface area contributed by atoms with Crippen molar-refractivity contribution < 1.29 is 23.9 Å². The van der Waals surface area contributed by atoms with Gasteiger partial charge in [0, 0.05) is 12.9 Å². The molecule has 5 heteroatoms. The largest absolute Gasteiger partial charge is 0.550 e. The molecule has 0 unspecified atom stereocenters. The molecule has 0 aromatic carbocycles. The van der Waals surface area contributed by atoms with Gasteiger partial charge in [0.1, 0.15) is 13.2 Å². The smallest absolute Gasteiger partial charge is 0.302 e. The van der Waals surface area contributed by atoms with E-state index in [0.717, 1.165) is 43.1 Å². The van der Waals surface area contributed by atoms with Crippen molar-refractivity contribution in [2.75, 3.05) is 34.3 Å². The summed E-state index contributed by atoms with van der Waals surface area (Å²) in [5.41, 5.74) is 0. The van der Waals surface area contributed by atoms with Gasteiger partial charge in [-0.05, 0) is 44.9 Å². The Kier molecular flexibility index (Phi) is 22.5. The highest BCUT2D eigenvalue weighted by atomic mass is 16.5. The zero-order chi connectivity index (χ0) is 23.1. The van der Waals surface area contributed by atoms with E-state index in [0.29, 0.717) is 6.61 Å². The highest BCUT2D eigenvalue weighted by molar-refractivity contribution is 5.65. The number of nitrogens with zero attached hydrogens (tertiary/aromatic N) is 1. The van der Waals surface area contributed by atoms with Crippen LogP contribution in [-0.4, -0.2) is 50.7 Å². The van der Waals surface area contributed by atoms with Gasteiger partial charge in [-0.3, -0.25) is 4.79 Å². The molecule has 5 nitrogen and oxygen atoms in total. The molecule has 0 heterocycles. The second kappa shape index (κ2) is 22.1. The van der Waals surface area contributed by atoms with E-state index in [1.165, 1.54) is 45.4 Å². The van der Waals surface area contributed by atoms with Crippen LogP contribution in [0.3, 0.4) is 0 Å². The highest BCUT2D eigenvalue weighted by Crippen LogP contribution is 2.07. The minimum absolute atomic E-state index is 0.201. The van der Waals surface area contributed by atoms with E-state index in [9.17, 15) is 14.7 Å². The Balaban J connectivity index is 0. The third-order valence-electron chi connectivity index (χ3n) is 4.40. The standard InChI is InChI=1S/C18H32O2.C7H16NO2/c1-2-3-4-5-6-7-8-9-10-11-12-13-14-15-16-17-18(19)20;1-7(9)10-6-5-8(2,3)4/h6-7,9-10H,2-5,8,11-17H2,1H3,(H,19,20);5-6H2,1-4H3/q;+1/p-1/b7-6-,10-9-;. The first-order valence-corrected chi connectivity index (χ1v) is 11.6. The lowest BCUT2D eigenvalue weighted by atomic mass is 10.1. The Bertz CT molecular complexity index is 464. The van der Waals surface area contributed by atoms with Crippen LogP contribution in [0.2, 0.25) is 0 Å². The van der Waals surface area contributed by atoms with Crippen molar-refractivity contribution in [1.82, 2.24) is 0 Å². The summed E-state index contributed by atoms with van der Waals surface area (Å²) in [6.07, 6.45) is 21.9. The van der Waals surface area contributed by atoms with Crippen LogP contribution in [0.4, 0.5) is 0 Å². The lowest BCUT2D eigenvalue weighted by Gasteiger charge is -2.23. The van der Waals surface area contributed by atoms with Crippen LogP contribution in [0, 0.1) is 0 Å². The normalized spacial score (nSPS) is 11.5. The molecule has 0 aliphatic rings. The first kappa shape index (κ1) is 30.6. The summed E-state index contributed by atoms with van der Waals surface area (Å²) in [6, 6.07) is 0. The van der Waals surface area contributed by atoms with Crippen molar-refractivity contribution in [3.8, 4) is 0 Å². The Morgan fingerprint density at radius 3 is 1.87 bits per heavy atom. The summed E-state index contributed by atoms with van der Waals surface area (Å²) in [7, 11) is 6.18. The van der Waals surface area contributed by atoms with Crippen molar-refractivity contribution in [3.63, 3.8) is 0 Å². The maximum atomic E-state index is 10.3. The molecular formula is C25H47NO4. The molecular weight excluding hydrogens is 378 g/mol. The molecule has 0 bridgehead atoms. The van der Waals surface area contributed by atoms with Gasteiger partial charge in [-0.25, -0.2) is 0 Å². The van der Waals surface area contributed by atoms with Gasteiger partial charge >= 0.3 is 5.97 Å². The summed E-state index contributed by atoms with van der Waals surface area (Å²) in [4.78, 5) is 20.5. The van der Waals surface area contributed by atoms with Crippen molar-refractivity contribution in [1.29, 1.82) is 0 Å². The molecule has 0 saturated heterocycles. The summed E-state index contributed by atoms with van der Waals surface area (Å²) >= 11 is 0. The number of carboxylic acids is 1. The van der Waals surface area contributed by atoms with Crippen LogP contribution >= 0.6 is 0 Å². The highest BCUT2D eigenvalue weighted by Gasteiger charge is 2.06. The number of rotatable bonds is 17. The summed E-state index contributed by atoms with van der Waals surface area (Å²) in [5, 5.41) is 10.2. The predicted octanol–water partition coefficient (Wildman–Crippen LogP) is 4.81. The Labute approximate surface area is 185 Å². The van der Waals surface area contributed by atoms with Gasteiger partial charge in [0.25, 0.3) is 0 Å². The number of unbranched alkanes of at least 4 members (excludes halogenated alkanes) is 8. The topological polar surface area (TPSA) is 66.4 Å². The van der Waals surface area contributed by atoms with Gasteiger partial charge in [-0.15, -0.1) is 0 Å². The summed E-state index contributed by atoms with van der Waals surface area (Å²) in [5.74, 6) is -1.12. The number of likely N-dealkylation sites (N-methyl/N-ethyl adjacent to an activating group) is 1. The van der Waals surface area contributed by atoms with E-state index < -0.39 is 5.97 Å². The van der Waals surface area contributed by atoms with Crippen LogP contribution in [0.5, 0.6) is 0 Å². The molecule has 30 heavy (non-hydrogen) atoms. The van der Waals surface area contributed by atoms with Crippen LogP contribution in [0.1, 0.15) is 90.9 Å². The average Bonchev–Trinajstić information content (AvgIpc) is 2.64. The predicted molar refractivity (Wildman–Crippen MR) is 124 cm³/mol. The van der Waals surface area contributed by atoms with Crippen molar-refractivity contribution in [2.45, 2.75) is 90.9 Å². The zero-order valence-electron chi connectivity index (χ0n) is 20.3. The van der Waals surface area contributed by atoms with E-state index >= 15 is 0 Å². The van der Waals surface area contributed by atoms with E-state index in [1.54, 1.807) is 0 Å². The number of ether oxygens (including phenoxy) is 1. The Morgan fingerprint density at radius 2 is 1.37 bits per heavy atom. The quantitative estimate of drug-likeness (QED) is 0.145. The summed E-state index contributed by atoms with van der Waals surface area (Å²) in [6.45, 7) is 5.03. The molecule has 0 amide bonds. The van der Waals surface area contributed by atoms with E-state index in [1.807, 2.05) is 0 Å². The molecule has 0 N–H and O–H groups in total. The van der Waals surface area contributed by atoms with Crippen molar-refractivity contribution in [2.24, 2.45) is 0 Å². The lowest BCUT2D eigenvalue weighted by Crippen LogP contribution is -2.37. The number of carbonyl (C=O) groups excluding carboxylic acids is 2. The first-order chi connectivity index (χ1) is 14.2.